The molecule has 2 heterocycles. The summed E-state index contributed by atoms with van der Waals surface area (Å²) in [6.45, 7) is 1.78. The van der Waals surface area contributed by atoms with E-state index in [9.17, 15) is 13.2 Å². The van der Waals surface area contributed by atoms with Gasteiger partial charge in [0.25, 0.3) is 5.91 Å². The Bertz CT molecular complexity index is 931. The Labute approximate surface area is 176 Å². The molecular formula is C20H26N4O5S. The molecule has 1 aromatic carbocycles. The van der Waals surface area contributed by atoms with Crippen LogP contribution in [0.3, 0.4) is 0 Å². The summed E-state index contributed by atoms with van der Waals surface area (Å²) in [6, 6.07) is 12.6. The zero-order valence-corrected chi connectivity index (χ0v) is 17.7. The number of aromatic nitrogens is 1. The van der Waals surface area contributed by atoms with Crippen LogP contribution in [0, 0.1) is 0 Å². The molecule has 0 atom stereocenters. The van der Waals surface area contributed by atoms with Crippen molar-refractivity contribution in [2.75, 3.05) is 57.1 Å². The number of methoxy groups -OCH3 is 1. The van der Waals surface area contributed by atoms with Crippen molar-refractivity contribution in [1.29, 1.82) is 0 Å². The van der Waals surface area contributed by atoms with Gasteiger partial charge in [-0.25, -0.2) is 13.4 Å². The molecule has 0 radical (unpaired) electrons. The standard InChI is InChI=1S/C20H26N4O5S/c1-28-17-5-4-6-18(15-17)29-16-20(25)22-9-14-30(26,27)24-12-10-23(11-13-24)19-7-2-3-8-21-19/h2-8,15H,9-14,16H2,1H3,(H,22,25). The van der Waals surface area contributed by atoms with Crippen molar-refractivity contribution in [3.63, 3.8) is 0 Å². The van der Waals surface area contributed by atoms with E-state index >= 15 is 0 Å². The first-order valence-corrected chi connectivity index (χ1v) is 11.3. The smallest absolute Gasteiger partial charge is 0.257 e. The maximum Gasteiger partial charge on any atom is 0.257 e. The van der Waals surface area contributed by atoms with Crippen molar-refractivity contribution >= 4 is 21.7 Å². The van der Waals surface area contributed by atoms with Crippen molar-refractivity contribution < 1.29 is 22.7 Å². The maximum absolute atomic E-state index is 12.6. The molecule has 0 spiro atoms. The fraction of sp³-hybridized carbons (Fsp3) is 0.400. The molecule has 10 heteroatoms. The van der Waals surface area contributed by atoms with Crippen molar-refractivity contribution in [2.45, 2.75) is 0 Å². The minimum atomic E-state index is -3.45. The molecule has 1 saturated heterocycles. The number of anilines is 1. The number of hydrogen-bond acceptors (Lipinski definition) is 7. The van der Waals surface area contributed by atoms with Crippen LogP contribution in [0.4, 0.5) is 5.82 Å². The zero-order valence-electron chi connectivity index (χ0n) is 16.9. The summed E-state index contributed by atoms with van der Waals surface area (Å²) in [7, 11) is -1.90. The number of nitrogens with zero attached hydrogens (tertiary/aromatic N) is 3. The van der Waals surface area contributed by atoms with Gasteiger partial charge in [0.2, 0.25) is 10.0 Å². The Kier molecular flexibility index (Phi) is 7.47. The Morgan fingerprint density at radius 1 is 1.10 bits per heavy atom. The maximum atomic E-state index is 12.6. The largest absolute Gasteiger partial charge is 0.497 e. The third-order valence-corrected chi connectivity index (χ3v) is 6.57. The van der Waals surface area contributed by atoms with E-state index in [1.807, 2.05) is 18.2 Å². The van der Waals surface area contributed by atoms with Crippen LogP contribution >= 0.6 is 0 Å². The highest BCUT2D eigenvalue weighted by Gasteiger charge is 2.27. The lowest BCUT2D eigenvalue weighted by Crippen LogP contribution is -2.50. The molecule has 2 aromatic rings. The van der Waals surface area contributed by atoms with Crippen LogP contribution in [0.25, 0.3) is 0 Å². The normalized spacial score (nSPS) is 14.9. The average molecular weight is 435 g/mol. The minimum Gasteiger partial charge on any atom is -0.497 e. The Hall–Kier alpha value is -2.85. The highest BCUT2D eigenvalue weighted by atomic mass is 32.2. The summed E-state index contributed by atoms with van der Waals surface area (Å²) in [5.74, 6) is 1.44. The second-order valence-corrected chi connectivity index (χ2v) is 8.80. The summed E-state index contributed by atoms with van der Waals surface area (Å²) in [4.78, 5) is 18.3. The lowest BCUT2D eigenvalue weighted by Gasteiger charge is -2.34. The molecule has 1 aliphatic heterocycles. The second kappa shape index (κ2) is 10.3. The SMILES string of the molecule is COc1cccc(OCC(=O)NCCS(=O)(=O)N2CCN(c3ccccn3)CC2)c1. The van der Waals surface area contributed by atoms with Gasteiger partial charge in [0.05, 0.1) is 12.9 Å². The van der Waals surface area contributed by atoms with Crippen LogP contribution < -0.4 is 19.7 Å². The zero-order chi connectivity index (χ0) is 21.4. The molecule has 9 nitrogen and oxygen atoms in total. The molecule has 1 amide bonds. The number of benzene rings is 1. The molecule has 1 aliphatic rings. The first-order chi connectivity index (χ1) is 14.5. The Balaban J connectivity index is 1.39. The third-order valence-electron chi connectivity index (χ3n) is 4.70. The number of hydrogen-bond donors (Lipinski definition) is 1. The van der Waals surface area contributed by atoms with E-state index in [1.54, 1.807) is 37.6 Å². The number of rotatable bonds is 9. The highest BCUT2D eigenvalue weighted by molar-refractivity contribution is 7.89. The van der Waals surface area contributed by atoms with Gasteiger partial charge in [-0.2, -0.15) is 4.31 Å². The topological polar surface area (TPSA) is 101 Å². The lowest BCUT2D eigenvalue weighted by molar-refractivity contribution is -0.122. The molecule has 1 aromatic heterocycles. The van der Waals surface area contributed by atoms with Crippen LogP contribution in [-0.2, 0) is 14.8 Å². The molecule has 1 N–H and O–H groups in total. The van der Waals surface area contributed by atoms with Gasteiger partial charge < -0.3 is 19.7 Å². The highest BCUT2D eigenvalue weighted by Crippen LogP contribution is 2.18. The van der Waals surface area contributed by atoms with Crippen molar-refractivity contribution in [2.24, 2.45) is 0 Å². The van der Waals surface area contributed by atoms with E-state index in [0.717, 1.165) is 5.82 Å². The number of nitrogens with one attached hydrogen (secondary N) is 1. The van der Waals surface area contributed by atoms with Crippen LogP contribution in [-0.4, -0.2) is 75.8 Å². The average Bonchev–Trinajstić information content (AvgIpc) is 2.78. The van der Waals surface area contributed by atoms with E-state index in [4.69, 9.17) is 9.47 Å². The van der Waals surface area contributed by atoms with Crippen molar-refractivity contribution in [3.05, 3.63) is 48.7 Å². The number of amides is 1. The number of carbonyl (C=O) groups excluding carboxylic acids is 1. The number of pyridine rings is 1. The first-order valence-electron chi connectivity index (χ1n) is 9.65. The third kappa shape index (κ3) is 6.07. The number of carbonyl (C=O) groups is 1. The summed E-state index contributed by atoms with van der Waals surface area (Å²) >= 11 is 0. The van der Waals surface area contributed by atoms with Gasteiger partial charge >= 0.3 is 0 Å². The molecule has 1 fully saturated rings. The van der Waals surface area contributed by atoms with Crippen LogP contribution in [0.15, 0.2) is 48.7 Å². The molecule has 30 heavy (non-hydrogen) atoms. The van der Waals surface area contributed by atoms with E-state index < -0.39 is 10.0 Å². The van der Waals surface area contributed by atoms with Crippen LogP contribution in [0.1, 0.15) is 0 Å². The van der Waals surface area contributed by atoms with Gasteiger partial charge in [-0.3, -0.25) is 4.79 Å². The number of ether oxygens (including phenoxy) is 2. The molecule has 162 valence electrons. The number of sulfonamides is 1. The lowest BCUT2D eigenvalue weighted by atomic mass is 10.3. The van der Waals surface area contributed by atoms with Crippen LogP contribution in [0.2, 0.25) is 0 Å². The van der Waals surface area contributed by atoms with Gasteiger partial charge in [-0.15, -0.1) is 0 Å². The summed E-state index contributed by atoms with van der Waals surface area (Å²) in [5.41, 5.74) is 0. The molecule has 0 saturated carbocycles. The number of piperazine rings is 1. The predicted octanol–water partition coefficient (Wildman–Crippen LogP) is 0.737. The van der Waals surface area contributed by atoms with Gasteiger partial charge in [0.1, 0.15) is 17.3 Å². The van der Waals surface area contributed by atoms with Gasteiger partial charge in [0.15, 0.2) is 6.61 Å². The van der Waals surface area contributed by atoms with Gasteiger partial charge in [0, 0.05) is 45.0 Å². The van der Waals surface area contributed by atoms with Crippen molar-refractivity contribution in [3.8, 4) is 11.5 Å². The van der Waals surface area contributed by atoms with E-state index in [2.05, 4.69) is 15.2 Å². The van der Waals surface area contributed by atoms with Crippen molar-refractivity contribution in [1.82, 2.24) is 14.6 Å². The van der Waals surface area contributed by atoms with E-state index in [0.29, 0.717) is 37.7 Å². The van der Waals surface area contributed by atoms with Gasteiger partial charge in [-0.05, 0) is 24.3 Å². The second-order valence-electron chi connectivity index (χ2n) is 6.71. The Morgan fingerprint density at radius 3 is 2.57 bits per heavy atom. The van der Waals surface area contributed by atoms with Crippen LogP contribution in [0.5, 0.6) is 11.5 Å². The molecule has 0 unspecified atom stereocenters. The summed E-state index contributed by atoms with van der Waals surface area (Å²) < 4.78 is 37.1. The minimum absolute atomic E-state index is 0.0308. The summed E-state index contributed by atoms with van der Waals surface area (Å²) in [6.07, 6.45) is 1.72. The Morgan fingerprint density at radius 2 is 1.87 bits per heavy atom. The monoisotopic (exact) mass is 434 g/mol. The quantitative estimate of drug-likeness (QED) is 0.621. The molecule has 0 bridgehead atoms. The molecule has 0 aliphatic carbocycles. The van der Waals surface area contributed by atoms with E-state index in [-0.39, 0.29) is 24.8 Å². The first kappa shape index (κ1) is 21.8. The fourth-order valence-corrected chi connectivity index (χ4v) is 4.41. The predicted molar refractivity (Wildman–Crippen MR) is 113 cm³/mol. The molecule has 3 rings (SSSR count). The van der Waals surface area contributed by atoms with E-state index in [1.165, 1.54) is 4.31 Å². The molecular weight excluding hydrogens is 408 g/mol. The fourth-order valence-electron chi connectivity index (χ4n) is 3.08. The van der Waals surface area contributed by atoms with Gasteiger partial charge in [-0.1, -0.05) is 12.1 Å². The summed E-state index contributed by atoms with van der Waals surface area (Å²) in [5, 5.41) is 2.59.